The van der Waals surface area contributed by atoms with E-state index in [1.54, 1.807) is 32.0 Å². The van der Waals surface area contributed by atoms with Gasteiger partial charge in [-0.2, -0.15) is 0 Å². The first kappa shape index (κ1) is 21.1. The molecule has 27 heavy (non-hydrogen) atoms. The second kappa shape index (κ2) is 9.10. The number of benzene rings is 1. The fourth-order valence-electron chi connectivity index (χ4n) is 2.65. The van der Waals surface area contributed by atoms with E-state index in [0.717, 1.165) is 17.3 Å². The second-order valence-electron chi connectivity index (χ2n) is 5.85. The highest BCUT2D eigenvalue weighted by molar-refractivity contribution is 8.14. The number of nitrogens with zero attached hydrogens (tertiary/aromatic N) is 1. The minimum Gasteiger partial charge on any atom is -0.467 e. The first-order chi connectivity index (χ1) is 12.8. The summed E-state index contributed by atoms with van der Waals surface area (Å²) in [5.74, 6) is -0.974. The Labute approximate surface area is 166 Å². The molecule has 0 N–H and O–H groups in total. The van der Waals surface area contributed by atoms with Gasteiger partial charge in [-0.05, 0) is 50.1 Å². The van der Waals surface area contributed by atoms with E-state index in [1.807, 2.05) is 6.92 Å². The lowest BCUT2D eigenvalue weighted by Crippen LogP contribution is -2.45. The van der Waals surface area contributed by atoms with Crippen molar-refractivity contribution in [3.8, 4) is 0 Å². The fraction of sp³-hybridized carbons (Fsp3) is 0.316. The molecule has 144 valence electrons. The highest BCUT2D eigenvalue weighted by Crippen LogP contribution is 2.32. The van der Waals surface area contributed by atoms with E-state index < -0.39 is 17.9 Å². The van der Waals surface area contributed by atoms with Gasteiger partial charge in [-0.25, -0.2) is 4.79 Å². The summed E-state index contributed by atoms with van der Waals surface area (Å²) in [6.07, 6.45) is 1.39. The number of furan rings is 1. The maximum Gasteiger partial charge on any atom is 0.328 e. The Kier molecular flexibility index (Phi) is 7.10. The lowest BCUT2D eigenvalue weighted by molar-refractivity contribution is -0.142. The number of aryl methyl sites for hydroxylation is 1. The van der Waals surface area contributed by atoms with Crippen LogP contribution in [0.3, 0.4) is 0 Å². The molecule has 0 spiro atoms. The number of ether oxygens (including phenoxy) is 1. The molecule has 1 aromatic carbocycles. The molecule has 1 atom stereocenters. The number of hydrogen-bond acceptors (Lipinski definition) is 6. The number of carbonyl (C=O) groups is 3. The number of amides is 1. The quantitative estimate of drug-likeness (QED) is 0.670. The molecule has 6 nitrogen and oxygen atoms in total. The van der Waals surface area contributed by atoms with Crippen LogP contribution in [0.25, 0.3) is 0 Å². The molecule has 1 heterocycles. The van der Waals surface area contributed by atoms with Crippen LogP contribution in [0.5, 0.6) is 0 Å². The van der Waals surface area contributed by atoms with Crippen LogP contribution in [0.2, 0.25) is 5.02 Å². The third-order valence-electron chi connectivity index (χ3n) is 4.05. The zero-order chi connectivity index (χ0) is 20.1. The molecule has 0 saturated heterocycles. The third kappa shape index (κ3) is 4.73. The van der Waals surface area contributed by atoms with E-state index in [9.17, 15) is 14.4 Å². The first-order valence-corrected chi connectivity index (χ1v) is 9.50. The molecule has 1 aromatic heterocycles. The highest BCUT2D eigenvalue weighted by Gasteiger charge is 2.31. The van der Waals surface area contributed by atoms with Crippen LogP contribution < -0.4 is 4.90 Å². The van der Waals surface area contributed by atoms with Gasteiger partial charge in [0, 0.05) is 5.02 Å². The van der Waals surface area contributed by atoms with E-state index >= 15 is 0 Å². The van der Waals surface area contributed by atoms with Gasteiger partial charge in [-0.1, -0.05) is 29.4 Å². The monoisotopic (exact) mass is 409 g/mol. The summed E-state index contributed by atoms with van der Waals surface area (Å²) >= 11 is 7.03. The molecule has 2 rings (SSSR count). The summed E-state index contributed by atoms with van der Waals surface area (Å²) in [5.41, 5.74) is 1.99. The normalized spacial score (nSPS) is 11.7. The van der Waals surface area contributed by atoms with Gasteiger partial charge in [0.1, 0.15) is 6.04 Å². The smallest absolute Gasteiger partial charge is 0.328 e. The van der Waals surface area contributed by atoms with E-state index in [2.05, 4.69) is 0 Å². The predicted molar refractivity (Wildman–Crippen MR) is 105 cm³/mol. The van der Waals surface area contributed by atoms with Crippen molar-refractivity contribution in [1.82, 2.24) is 0 Å². The van der Waals surface area contributed by atoms with Crippen LogP contribution in [0.1, 0.15) is 28.6 Å². The minimum atomic E-state index is -0.877. The molecule has 0 radical (unpaired) electrons. The van der Waals surface area contributed by atoms with Gasteiger partial charge in [-0.3, -0.25) is 14.5 Å². The lowest BCUT2D eigenvalue weighted by atomic mass is 10.1. The van der Waals surface area contributed by atoms with Gasteiger partial charge in [-0.15, -0.1) is 0 Å². The average Bonchev–Trinajstić information content (AvgIpc) is 3.19. The zero-order valence-electron chi connectivity index (χ0n) is 15.4. The lowest BCUT2D eigenvalue weighted by Gasteiger charge is -2.30. The Morgan fingerprint density at radius 1 is 1.26 bits per heavy atom. The largest absolute Gasteiger partial charge is 0.467 e. The Bertz CT molecular complexity index is 850. The molecule has 8 heteroatoms. The van der Waals surface area contributed by atoms with Gasteiger partial charge in [0.15, 0.2) is 5.76 Å². The maximum absolute atomic E-state index is 13.0. The van der Waals surface area contributed by atoms with Crippen molar-refractivity contribution in [3.63, 3.8) is 0 Å². The molecule has 0 unspecified atom stereocenters. The van der Waals surface area contributed by atoms with Crippen molar-refractivity contribution in [2.45, 2.75) is 26.8 Å². The fourth-order valence-corrected chi connectivity index (χ4v) is 3.46. The van der Waals surface area contributed by atoms with Gasteiger partial charge >= 0.3 is 5.97 Å². The van der Waals surface area contributed by atoms with E-state index in [4.69, 9.17) is 20.8 Å². The second-order valence-corrected chi connectivity index (χ2v) is 7.21. The Hall–Kier alpha value is -2.25. The van der Waals surface area contributed by atoms with E-state index in [0.29, 0.717) is 16.3 Å². The Morgan fingerprint density at radius 3 is 2.56 bits per heavy atom. The molecule has 0 fully saturated rings. The topological polar surface area (TPSA) is 76.8 Å². The summed E-state index contributed by atoms with van der Waals surface area (Å²) in [7, 11) is 1.26. The van der Waals surface area contributed by atoms with Gasteiger partial charge < -0.3 is 9.15 Å². The van der Waals surface area contributed by atoms with Gasteiger partial charge in [0.05, 0.1) is 24.8 Å². The van der Waals surface area contributed by atoms with Crippen molar-refractivity contribution in [2.75, 3.05) is 17.8 Å². The van der Waals surface area contributed by atoms with Crippen molar-refractivity contribution in [2.24, 2.45) is 0 Å². The van der Waals surface area contributed by atoms with E-state index in [1.165, 1.54) is 24.3 Å². The SMILES string of the molecule is COC(=O)[C@H](C)N(C(=O)CSC(=O)c1ccco1)c1c(C)ccc(Cl)c1C. The van der Waals surface area contributed by atoms with Crippen LogP contribution in [0, 0.1) is 13.8 Å². The number of rotatable bonds is 6. The molecular weight excluding hydrogens is 390 g/mol. The molecule has 0 aliphatic heterocycles. The summed E-state index contributed by atoms with van der Waals surface area (Å²) in [4.78, 5) is 38.5. The van der Waals surface area contributed by atoms with Crippen LogP contribution in [-0.4, -0.2) is 35.9 Å². The van der Waals surface area contributed by atoms with Crippen LogP contribution >= 0.6 is 23.4 Å². The summed E-state index contributed by atoms with van der Waals surface area (Å²) in [6.45, 7) is 5.17. The molecular formula is C19H20ClNO5S. The predicted octanol–water partition coefficient (Wildman–Crippen LogP) is 4.02. The molecule has 1 amide bonds. The van der Waals surface area contributed by atoms with Gasteiger partial charge in [0.25, 0.3) is 5.12 Å². The van der Waals surface area contributed by atoms with Crippen molar-refractivity contribution >= 4 is 46.0 Å². The Balaban J connectivity index is 2.33. The standard InChI is InChI=1S/C19H20ClNO5S/c1-11-7-8-14(20)12(2)17(11)21(13(3)18(23)25-4)16(22)10-27-19(24)15-6-5-9-26-15/h5-9,13H,10H2,1-4H3/t13-/m0/s1. The number of esters is 1. The molecule has 0 saturated carbocycles. The third-order valence-corrected chi connectivity index (χ3v) is 5.32. The molecule has 0 aliphatic carbocycles. The van der Waals surface area contributed by atoms with Crippen LogP contribution in [-0.2, 0) is 14.3 Å². The van der Waals surface area contributed by atoms with E-state index in [-0.39, 0.29) is 16.6 Å². The van der Waals surface area contributed by atoms with Crippen molar-refractivity contribution in [3.05, 3.63) is 52.4 Å². The summed E-state index contributed by atoms with van der Waals surface area (Å²) < 4.78 is 9.85. The maximum atomic E-state index is 13.0. The summed E-state index contributed by atoms with van der Waals surface area (Å²) in [6, 6.07) is 5.75. The zero-order valence-corrected chi connectivity index (χ0v) is 17.0. The number of methoxy groups -OCH3 is 1. The number of hydrogen-bond donors (Lipinski definition) is 0. The number of thioether (sulfide) groups is 1. The molecule has 2 aromatic rings. The number of halogens is 1. The van der Waals surface area contributed by atoms with Crippen LogP contribution in [0.4, 0.5) is 5.69 Å². The Morgan fingerprint density at radius 2 is 1.96 bits per heavy atom. The average molecular weight is 410 g/mol. The first-order valence-electron chi connectivity index (χ1n) is 8.14. The van der Waals surface area contributed by atoms with Crippen LogP contribution in [0.15, 0.2) is 34.9 Å². The highest BCUT2D eigenvalue weighted by atomic mass is 35.5. The van der Waals surface area contributed by atoms with Gasteiger partial charge in [0.2, 0.25) is 5.91 Å². The number of anilines is 1. The molecule has 0 bridgehead atoms. The minimum absolute atomic E-state index is 0.160. The summed E-state index contributed by atoms with van der Waals surface area (Å²) in [5, 5.41) is 0.114. The molecule has 0 aliphatic rings. The van der Waals surface area contributed by atoms with Crippen molar-refractivity contribution < 1.29 is 23.5 Å². The number of carbonyl (C=O) groups excluding carboxylic acids is 3. The van der Waals surface area contributed by atoms with Crippen molar-refractivity contribution in [1.29, 1.82) is 0 Å².